The van der Waals surface area contributed by atoms with E-state index in [4.69, 9.17) is 0 Å². The molecule has 0 bridgehead atoms. The number of carbonyl (C=O) groups excluding carboxylic acids is 1. The lowest BCUT2D eigenvalue weighted by Crippen LogP contribution is -1.88. The monoisotopic (exact) mass is 286 g/mol. The van der Waals surface area contributed by atoms with Crippen LogP contribution in [0.25, 0.3) is 0 Å². The van der Waals surface area contributed by atoms with Gasteiger partial charge in [0.1, 0.15) is 0 Å². The van der Waals surface area contributed by atoms with Gasteiger partial charge in [0.25, 0.3) is 0 Å². The quantitative estimate of drug-likeness (QED) is 0.571. The van der Waals surface area contributed by atoms with Crippen molar-refractivity contribution in [2.75, 3.05) is 0 Å². The number of carbonyl (C=O) groups is 1. The van der Waals surface area contributed by atoms with Crippen molar-refractivity contribution in [2.45, 2.75) is 33.1 Å². The number of hydrogen-bond donors (Lipinski definition) is 0. The molecule has 0 fully saturated rings. The summed E-state index contributed by atoms with van der Waals surface area (Å²) >= 11 is 5.08. The second-order valence-electron chi connectivity index (χ2n) is 3.31. The minimum absolute atomic E-state index is 0.116. The molecule has 0 aliphatic rings. The third-order valence-corrected chi connectivity index (χ3v) is 4.16. The Kier molecular flexibility index (Phi) is 5.26. The molecular weight excluding hydrogens is 272 g/mol. The average Bonchev–Trinajstić information content (AvgIpc) is 2.58. The molecule has 0 N–H and O–H groups in total. The van der Waals surface area contributed by atoms with Gasteiger partial charge in [0, 0.05) is 9.35 Å². The summed E-state index contributed by atoms with van der Waals surface area (Å²) in [5.74, 6) is 0.116. The number of hydrogen-bond acceptors (Lipinski definition) is 2. The predicted octanol–water partition coefficient (Wildman–Crippen LogP) is 4.61. The number of aryl methyl sites for hydroxylation is 1. The van der Waals surface area contributed by atoms with Crippen LogP contribution in [0, 0.1) is 0 Å². The van der Waals surface area contributed by atoms with Crippen LogP contribution in [0.1, 0.15) is 41.2 Å². The van der Waals surface area contributed by atoms with E-state index in [0.717, 1.165) is 28.6 Å². The highest BCUT2D eigenvalue weighted by Gasteiger charge is 2.10. The Morgan fingerprint density at radius 3 is 2.87 bits per heavy atom. The van der Waals surface area contributed by atoms with Crippen LogP contribution in [0.2, 0.25) is 0 Å². The van der Waals surface area contributed by atoms with Crippen LogP contribution in [-0.4, -0.2) is 5.78 Å². The maximum atomic E-state index is 11.7. The van der Waals surface area contributed by atoms with Crippen LogP contribution in [0.15, 0.2) is 22.7 Å². The highest BCUT2D eigenvalue weighted by Crippen LogP contribution is 2.29. The lowest BCUT2D eigenvalue weighted by atomic mass is 10.2. The van der Waals surface area contributed by atoms with Gasteiger partial charge >= 0.3 is 0 Å². The molecule has 15 heavy (non-hydrogen) atoms. The maximum Gasteiger partial charge on any atom is 0.195 e. The van der Waals surface area contributed by atoms with E-state index < -0.39 is 0 Å². The number of ketones is 1. The lowest BCUT2D eigenvalue weighted by Gasteiger charge is -1.91. The highest BCUT2D eigenvalue weighted by molar-refractivity contribution is 9.10. The van der Waals surface area contributed by atoms with Crippen LogP contribution < -0.4 is 0 Å². The fourth-order valence-electron chi connectivity index (χ4n) is 1.23. The standard InChI is InChI=1S/C12H15BrOS/c1-3-5-7-10(14)12-8-9(13)11(15-12)6-4-2/h5,7-8H,3-4,6H2,1-2H3/b7-5+. The summed E-state index contributed by atoms with van der Waals surface area (Å²) in [5.41, 5.74) is 0. The van der Waals surface area contributed by atoms with Crippen molar-refractivity contribution < 1.29 is 4.79 Å². The van der Waals surface area contributed by atoms with Gasteiger partial charge < -0.3 is 0 Å². The third-order valence-electron chi connectivity index (χ3n) is 1.98. The van der Waals surface area contributed by atoms with Crippen molar-refractivity contribution in [2.24, 2.45) is 0 Å². The maximum absolute atomic E-state index is 11.7. The molecule has 1 nitrogen and oxygen atoms in total. The number of rotatable bonds is 5. The Morgan fingerprint density at radius 2 is 2.27 bits per heavy atom. The zero-order valence-electron chi connectivity index (χ0n) is 9.05. The van der Waals surface area contributed by atoms with Gasteiger partial charge in [-0.3, -0.25) is 4.79 Å². The smallest absolute Gasteiger partial charge is 0.195 e. The summed E-state index contributed by atoms with van der Waals surface area (Å²) in [6.07, 6.45) is 6.61. The molecule has 0 amide bonds. The molecule has 1 aromatic heterocycles. The molecule has 0 saturated carbocycles. The first kappa shape index (κ1) is 12.7. The third kappa shape index (κ3) is 3.58. The summed E-state index contributed by atoms with van der Waals surface area (Å²) in [5, 5.41) is 0. The van der Waals surface area contributed by atoms with E-state index in [1.165, 1.54) is 4.88 Å². The van der Waals surface area contributed by atoms with Gasteiger partial charge in [-0.2, -0.15) is 0 Å². The van der Waals surface area contributed by atoms with Gasteiger partial charge in [-0.25, -0.2) is 0 Å². The first-order chi connectivity index (χ1) is 7.19. The molecule has 1 heterocycles. The molecule has 3 heteroatoms. The molecule has 0 aliphatic carbocycles. The zero-order chi connectivity index (χ0) is 11.3. The van der Waals surface area contributed by atoms with E-state index in [1.807, 2.05) is 19.1 Å². The first-order valence-electron chi connectivity index (χ1n) is 5.18. The Morgan fingerprint density at radius 1 is 1.53 bits per heavy atom. The van der Waals surface area contributed by atoms with Gasteiger partial charge in [-0.1, -0.05) is 26.3 Å². The van der Waals surface area contributed by atoms with Crippen molar-refractivity contribution in [3.8, 4) is 0 Å². The lowest BCUT2D eigenvalue weighted by molar-refractivity contribution is 0.105. The molecule has 1 aromatic rings. The Labute approximate surface area is 103 Å². The van der Waals surface area contributed by atoms with Crippen LogP contribution >= 0.6 is 27.3 Å². The normalized spacial score (nSPS) is 11.1. The predicted molar refractivity (Wildman–Crippen MR) is 69.8 cm³/mol. The number of thiophene rings is 1. The molecule has 0 radical (unpaired) electrons. The van der Waals surface area contributed by atoms with Crippen LogP contribution in [0.4, 0.5) is 0 Å². The van der Waals surface area contributed by atoms with Gasteiger partial charge in [0.05, 0.1) is 4.88 Å². The molecule has 0 atom stereocenters. The second-order valence-corrected chi connectivity index (χ2v) is 5.30. The Hall–Kier alpha value is -0.410. The molecule has 0 aliphatic heterocycles. The van der Waals surface area contributed by atoms with Crippen LogP contribution in [-0.2, 0) is 6.42 Å². The summed E-state index contributed by atoms with van der Waals surface area (Å²) in [7, 11) is 0. The zero-order valence-corrected chi connectivity index (χ0v) is 11.5. The minimum Gasteiger partial charge on any atom is -0.288 e. The van der Waals surface area contributed by atoms with E-state index in [-0.39, 0.29) is 5.78 Å². The Bertz CT molecular complexity index is 366. The summed E-state index contributed by atoms with van der Waals surface area (Å²) in [6, 6.07) is 1.93. The minimum atomic E-state index is 0.116. The largest absolute Gasteiger partial charge is 0.288 e. The fraction of sp³-hybridized carbons (Fsp3) is 0.417. The Balaban J connectivity index is 2.82. The fourth-order valence-corrected chi connectivity index (χ4v) is 3.13. The average molecular weight is 287 g/mol. The number of allylic oxidation sites excluding steroid dienone is 2. The molecule has 0 spiro atoms. The van der Waals surface area contributed by atoms with Crippen molar-refractivity contribution >= 4 is 33.0 Å². The van der Waals surface area contributed by atoms with Crippen molar-refractivity contribution in [3.05, 3.63) is 32.4 Å². The van der Waals surface area contributed by atoms with E-state index in [1.54, 1.807) is 17.4 Å². The number of halogens is 1. The summed E-state index contributed by atoms with van der Waals surface area (Å²) in [4.78, 5) is 13.8. The van der Waals surface area contributed by atoms with Crippen molar-refractivity contribution in [1.82, 2.24) is 0 Å². The van der Waals surface area contributed by atoms with Gasteiger partial charge in [-0.15, -0.1) is 11.3 Å². The molecule has 0 aromatic carbocycles. The van der Waals surface area contributed by atoms with Gasteiger partial charge in [0.2, 0.25) is 0 Å². The van der Waals surface area contributed by atoms with Crippen LogP contribution in [0.3, 0.4) is 0 Å². The molecule has 0 saturated heterocycles. The van der Waals surface area contributed by atoms with Crippen molar-refractivity contribution in [3.63, 3.8) is 0 Å². The molecule has 82 valence electrons. The topological polar surface area (TPSA) is 17.1 Å². The second kappa shape index (κ2) is 6.23. The van der Waals surface area contributed by atoms with E-state index in [2.05, 4.69) is 22.9 Å². The van der Waals surface area contributed by atoms with Gasteiger partial charge in [-0.05, 0) is 40.9 Å². The van der Waals surface area contributed by atoms with E-state index in [9.17, 15) is 4.79 Å². The summed E-state index contributed by atoms with van der Waals surface area (Å²) < 4.78 is 1.07. The highest BCUT2D eigenvalue weighted by atomic mass is 79.9. The van der Waals surface area contributed by atoms with E-state index in [0.29, 0.717) is 0 Å². The SMILES string of the molecule is CC/C=C/C(=O)c1cc(Br)c(CCC)s1. The summed E-state index contributed by atoms with van der Waals surface area (Å²) in [6.45, 7) is 4.17. The first-order valence-corrected chi connectivity index (χ1v) is 6.79. The molecule has 1 rings (SSSR count). The van der Waals surface area contributed by atoms with E-state index >= 15 is 0 Å². The van der Waals surface area contributed by atoms with Crippen molar-refractivity contribution in [1.29, 1.82) is 0 Å². The molecule has 0 unspecified atom stereocenters. The van der Waals surface area contributed by atoms with Gasteiger partial charge in [0.15, 0.2) is 5.78 Å². The molecular formula is C12H15BrOS. The van der Waals surface area contributed by atoms with Crippen LogP contribution in [0.5, 0.6) is 0 Å².